The van der Waals surface area contributed by atoms with Crippen molar-refractivity contribution in [3.8, 4) is 5.75 Å². The van der Waals surface area contributed by atoms with E-state index >= 15 is 0 Å². The Morgan fingerprint density at radius 1 is 1.12 bits per heavy atom. The van der Waals surface area contributed by atoms with Crippen LogP contribution in [0.15, 0.2) is 59.4 Å². The Morgan fingerprint density at radius 3 is 2.54 bits per heavy atom. The number of benzene rings is 2. The summed E-state index contributed by atoms with van der Waals surface area (Å²) in [6.45, 7) is 1.87. The number of aromatic hydroxyl groups is 1. The summed E-state index contributed by atoms with van der Waals surface area (Å²) >= 11 is 0. The summed E-state index contributed by atoms with van der Waals surface area (Å²) in [5.74, 6) is -0.459. The quantitative estimate of drug-likeness (QED) is 0.690. The molecule has 0 aliphatic heterocycles. The zero-order chi connectivity index (χ0) is 17.1. The maximum absolute atomic E-state index is 12.3. The van der Waals surface area contributed by atoms with Crippen molar-refractivity contribution in [1.82, 2.24) is 10.3 Å². The van der Waals surface area contributed by atoms with Gasteiger partial charge in [0, 0.05) is 5.39 Å². The second-order valence-corrected chi connectivity index (χ2v) is 5.70. The molecule has 1 amide bonds. The highest BCUT2D eigenvalue weighted by molar-refractivity contribution is 5.88. The van der Waals surface area contributed by atoms with E-state index in [2.05, 4.69) is 10.3 Å². The van der Waals surface area contributed by atoms with Crippen molar-refractivity contribution in [1.29, 1.82) is 0 Å². The van der Waals surface area contributed by atoms with Gasteiger partial charge in [-0.05, 0) is 24.6 Å². The minimum Gasteiger partial charge on any atom is -0.507 e. The first-order chi connectivity index (χ1) is 11.6. The van der Waals surface area contributed by atoms with Crippen molar-refractivity contribution in [2.24, 2.45) is 0 Å². The van der Waals surface area contributed by atoms with Crippen molar-refractivity contribution < 1.29 is 9.90 Å². The van der Waals surface area contributed by atoms with Crippen LogP contribution in [-0.2, 0) is 11.2 Å². The van der Waals surface area contributed by atoms with Gasteiger partial charge in [-0.3, -0.25) is 9.59 Å². The molecule has 0 fully saturated rings. The van der Waals surface area contributed by atoms with Crippen molar-refractivity contribution in [2.45, 2.75) is 19.4 Å². The van der Waals surface area contributed by atoms with Gasteiger partial charge in [0.25, 0.3) is 5.56 Å². The normalized spacial score (nSPS) is 12.0. The number of nitrogens with one attached hydrogen (secondary N) is 2. The molecule has 0 aliphatic rings. The molecule has 122 valence electrons. The second-order valence-electron chi connectivity index (χ2n) is 5.70. The van der Waals surface area contributed by atoms with E-state index in [0.29, 0.717) is 10.9 Å². The Balaban J connectivity index is 1.82. The first-order valence-corrected chi connectivity index (χ1v) is 7.73. The Kier molecular flexibility index (Phi) is 4.33. The molecule has 1 atom stereocenters. The molecule has 2 aromatic carbocycles. The molecule has 0 saturated heterocycles. The molecular formula is C19H18N2O3. The number of H-pyrrole nitrogens is 1. The Labute approximate surface area is 139 Å². The summed E-state index contributed by atoms with van der Waals surface area (Å²) < 4.78 is 0. The SMILES string of the molecule is CC(NC(=O)Cc1c(O)c2ccccc2[nH]c1=O)c1ccccc1. The van der Waals surface area contributed by atoms with Gasteiger partial charge in [-0.15, -0.1) is 0 Å². The van der Waals surface area contributed by atoms with E-state index in [0.717, 1.165) is 5.56 Å². The number of para-hydroxylation sites is 1. The van der Waals surface area contributed by atoms with Crippen molar-refractivity contribution in [2.75, 3.05) is 0 Å². The molecule has 1 heterocycles. The number of rotatable bonds is 4. The minimum atomic E-state index is -0.450. The molecule has 0 radical (unpaired) electrons. The number of hydrogen-bond acceptors (Lipinski definition) is 3. The van der Waals surface area contributed by atoms with Crippen molar-refractivity contribution in [3.05, 3.63) is 76.1 Å². The number of hydrogen-bond donors (Lipinski definition) is 3. The number of carbonyl (C=O) groups is 1. The van der Waals surface area contributed by atoms with E-state index in [4.69, 9.17) is 0 Å². The summed E-state index contributed by atoms with van der Waals surface area (Å²) in [6.07, 6.45) is -0.177. The Hall–Kier alpha value is -3.08. The van der Waals surface area contributed by atoms with Crippen LogP contribution in [0.1, 0.15) is 24.1 Å². The van der Waals surface area contributed by atoms with Crippen molar-refractivity contribution in [3.63, 3.8) is 0 Å². The molecule has 1 aromatic heterocycles. The van der Waals surface area contributed by atoms with Crippen LogP contribution in [0.25, 0.3) is 10.9 Å². The first kappa shape index (κ1) is 15.8. The number of aromatic amines is 1. The maximum Gasteiger partial charge on any atom is 0.255 e. The third-order valence-electron chi connectivity index (χ3n) is 4.00. The van der Waals surface area contributed by atoms with Gasteiger partial charge >= 0.3 is 0 Å². The molecule has 0 bridgehead atoms. The van der Waals surface area contributed by atoms with E-state index in [9.17, 15) is 14.7 Å². The van der Waals surface area contributed by atoms with Crippen LogP contribution in [0.4, 0.5) is 0 Å². The van der Waals surface area contributed by atoms with Gasteiger partial charge in [0.15, 0.2) is 0 Å². The number of carbonyl (C=O) groups excluding carboxylic acids is 1. The molecule has 5 nitrogen and oxygen atoms in total. The summed E-state index contributed by atoms with van der Waals surface area (Å²) in [4.78, 5) is 27.1. The predicted octanol–water partition coefficient (Wildman–Crippen LogP) is 2.65. The molecule has 1 unspecified atom stereocenters. The van der Waals surface area contributed by atoms with Crippen LogP contribution in [-0.4, -0.2) is 16.0 Å². The zero-order valence-corrected chi connectivity index (χ0v) is 13.2. The van der Waals surface area contributed by atoms with Gasteiger partial charge in [-0.1, -0.05) is 42.5 Å². The lowest BCUT2D eigenvalue weighted by Gasteiger charge is -2.14. The summed E-state index contributed by atoms with van der Waals surface area (Å²) in [5.41, 5.74) is 1.14. The minimum absolute atomic E-state index is 0.0754. The average Bonchev–Trinajstić information content (AvgIpc) is 2.59. The molecule has 3 N–H and O–H groups in total. The average molecular weight is 322 g/mol. The fourth-order valence-corrected chi connectivity index (χ4v) is 2.71. The molecular weight excluding hydrogens is 304 g/mol. The molecule has 24 heavy (non-hydrogen) atoms. The fourth-order valence-electron chi connectivity index (χ4n) is 2.71. The zero-order valence-electron chi connectivity index (χ0n) is 13.2. The standard InChI is InChI=1S/C19H18N2O3/c1-12(13-7-3-2-4-8-13)20-17(22)11-15-18(23)14-9-5-6-10-16(14)21-19(15)24/h2-10,12H,11H2,1H3,(H,20,22)(H2,21,23,24). The Bertz CT molecular complexity index is 932. The van der Waals surface area contributed by atoms with E-state index < -0.39 is 5.56 Å². The van der Waals surface area contributed by atoms with Gasteiger partial charge in [0.05, 0.1) is 23.5 Å². The van der Waals surface area contributed by atoms with Crippen LogP contribution in [0, 0.1) is 0 Å². The van der Waals surface area contributed by atoms with E-state index in [1.807, 2.05) is 37.3 Å². The number of amides is 1. The van der Waals surface area contributed by atoms with Gasteiger partial charge < -0.3 is 15.4 Å². The van der Waals surface area contributed by atoms with Gasteiger partial charge in [0.2, 0.25) is 5.91 Å². The number of pyridine rings is 1. The first-order valence-electron chi connectivity index (χ1n) is 7.73. The van der Waals surface area contributed by atoms with Crippen molar-refractivity contribution >= 4 is 16.8 Å². The molecule has 0 aliphatic carbocycles. The van der Waals surface area contributed by atoms with Crippen LogP contribution in [0.3, 0.4) is 0 Å². The molecule has 0 spiro atoms. The van der Waals surface area contributed by atoms with Gasteiger partial charge in [-0.2, -0.15) is 0 Å². The molecule has 0 saturated carbocycles. The lowest BCUT2D eigenvalue weighted by molar-refractivity contribution is -0.121. The number of fused-ring (bicyclic) bond motifs is 1. The van der Waals surface area contributed by atoms with Crippen LogP contribution < -0.4 is 10.9 Å². The molecule has 5 heteroatoms. The summed E-state index contributed by atoms with van der Waals surface area (Å²) in [5, 5.41) is 13.7. The van der Waals surface area contributed by atoms with Gasteiger partial charge in [-0.25, -0.2) is 0 Å². The van der Waals surface area contributed by atoms with Crippen LogP contribution >= 0.6 is 0 Å². The van der Waals surface area contributed by atoms with Crippen LogP contribution in [0.2, 0.25) is 0 Å². The van der Waals surface area contributed by atoms with E-state index in [1.54, 1.807) is 24.3 Å². The lowest BCUT2D eigenvalue weighted by Crippen LogP contribution is -2.30. The second kappa shape index (κ2) is 6.58. The lowest BCUT2D eigenvalue weighted by atomic mass is 10.1. The number of aromatic nitrogens is 1. The third kappa shape index (κ3) is 3.15. The smallest absolute Gasteiger partial charge is 0.255 e. The predicted molar refractivity (Wildman–Crippen MR) is 92.9 cm³/mol. The largest absolute Gasteiger partial charge is 0.507 e. The highest BCUT2D eigenvalue weighted by atomic mass is 16.3. The monoisotopic (exact) mass is 322 g/mol. The highest BCUT2D eigenvalue weighted by Crippen LogP contribution is 2.24. The third-order valence-corrected chi connectivity index (χ3v) is 4.00. The Morgan fingerprint density at radius 2 is 1.79 bits per heavy atom. The molecule has 3 rings (SSSR count). The highest BCUT2D eigenvalue weighted by Gasteiger charge is 2.16. The topological polar surface area (TPSA) is 82.2 Å². The summed E-state index contributed by atoms with van der Waals surface area (Å²) in [6, 6.07) is 16.3. The fraction of sp³-hybridized carbons (Fsp3) is 0.158. The maximum atomic E-state index is 12.3. The van der Waals surface area contributed by atoms with Gasteiger partial charge in [0.1, 0.15) is 5.75 Å². The van der Waals surface area contributed by atoms with E-state index in [1.165, 1.54) is 0 Å². The van der Waals surface area contributed by atoms with E-state index in [-0.39, 0.29) is 29.7 Å². The van der Waals surface area contributed by atoms with Crippen LogP contribution in [0.5, 0.6) is 5.75 Å². The molecule has 3 aromatic rings. The summed E-state index contributed by atoms with van der Waals surface area (Å²) in [7, 11) is 0.